The number of carbonyl (C=O) groups is 1. The first kappa shape index (κ1) is 25.0. The van der Waals surface area contributed by atoms with Crippen LogP contribution in [0.15, 0.2) is 85.1 Å². The van der Waals surface area contributed by atoms with E-state index in [1.54, 1.807) is 6.19 Å². The normalized spacial score (nSPS) is 14.1. The topological polar surface area (TPSA) is 134 Å². The first-order chi connectivity index (χ1) is 19.5. The number of benzene rings is 3. The Labute approximate surface area is 233 Å². The molecule has 3 aromatic carbocycles. The van der Waals surface area contributed by atoms with E-state index < -0.39 is 6.10 Å². The number of aromatic hydroxyl groups is 1. The van der Waals surface area contributed by atoms with Crippen LogP contribution in [-0.4, -0.2) is 31.1 Å². The fourth-order valence-corrected chi connectivity index (χ4v) is 4.89. The van der Waals surface area contributed by atoms with E-state index in [0.717, 1.165) is 11.1 Å². The van der Waals surface area contributed by atoms with E-state index in [0.29, 0.717) is 33.0 Å². The average Bonchev–Trinajstić information content (AvgIpc) is 2.99. The lowest BCUT2D eigenvalue weighted by atomic mass is 9.89. The molecule has 0 saturated heterocycles. The van der Waals surface area contributed by atoms with Gasteiger partial charge < -0.3 is 9.84 Å². The van der Waals surface area contributed by atoms with Crippen molar-refractivity contribution in [1.82, 2.24) is 20.2 Å². The van der Waals surface area contributed by atoms with Gasteiger partial charge in [0.25, 0.3) is 0 Å². The molecule has 0 aliphatic carbocycles. The quantitative estimate of drug-likeness (QED) is 0.194. The molecule has 0 fully saturated rings. The van der Waals surface area contributed by atoms with E-state index in [2.05, 4.69) is 25.5 Å². The van der Waals surface area contributed by atoms with E-state index in [9.17, 15) is 9.90 Å². The van der Waals surface area contributed by atoms with Crippen LogP contribution >= 0.6 is 11.6 Å². The number of fused-ring (bicyclic) bond motifs is 1. The number of halogens is 1. The summed E-state index contributed by atoms with van der Waals surface area (Å²) in [6.45, 7) is 0. The molecule has 1 aliphatic heterocycles. The summed E-state index contributed by atoms with van der Waals surface area (Å²) in [4.78, 5) is 22.5. The number of aromatic nitrogens is 4. The minimum Gasteiger partial charge on any atom is -0.507 e. The molecule has 0 spiro atoms. The van der Waals surface area contributed by atoms with Crippen molar-refractivity contribution in [2.45, 2.75) is 12.5 Å². The molecule has 0 radical (unpaired) electrons. The number of carbonyl (C=O) groups excluding carboxylic acids is 1. The standard InChI is InChI=1S/C30H19ClN6O3/c31-19-11-12-22(38)20(13-19)28-21(15-33-30(35-28)34-16-32)24-14-23(39)26-25(17-7-3-1-4-8-17)27(36-37-29(26)40-24)18-9-5-2-6-10-18/h1-13,15,24,38H,14H2,(H,33,34,35). The lowest BCUT2D eigenvalue weighted by molar-refractivity contribution is 0.0838. The maximum absolute atomic E-state index is 13.9. The third kappa shape index (κ3) is 4.57. The Bertz CT molecular complexity index is 1790. The van der Waals surface area contributed by atoms with Crippen LogP contribution in [0.4, 0.5) is 5.95 Å². The van der Waals surface area contributed by atoms with Crippen molar-refractivity contribution in [3.63, 3.8) is 0 Å². The highest BCUT2D eigenvalue weighted by Gasteiger charge is 2.35. The zero-order valence-corrected chi connectivity index (χ0v) is 21.5. The van der Waals surface area contributed by atoms with Crippen LogP contribution in [0.25, 0.3) is 33.6 Å². The molecule has 40 heavy (non-hydrogen) atoms. The molecule has 2 N–H and O–H groups in total. The number of nitrogens with zero attached hydrogens (tertiary/aromatic N) is 5. The number of hydrogen-bond acceptors (Lipinski definition) is 9. The molecular weight excluding hydrogens is 528 g/mol. The number of ether oxygens (including phenoxy) is 1. The molecule has 5 aromatic rings. The average molecular weight is 547 g/mol. The largest absolute Gasteiger partial charge is 0.507 e. The number of ketones is 1. The zero-order valence-electron chi connectivity index (χ0n) is 20.7. The number of nitriles is 1. The van der Waals surface area contributed by atoms with Gasteiger partial charge in [-0.2, -0.15) is 5.26 Å². The summed E-state index contributed by atoms with van der Waals surface area (Å²) in [5.74, 6) is -0.187. The molecule has 0 amide bonds. The Morgan fingerprint density at radius 3 is 2.40 bits per heavy atom. The highest BCUT2D eigenvalue weighted by Crippen LogP contribution is 2.44. The molecular formula is C30H19ClN6O3. The molecule has 3 heterocycles. The van der Waals surface area contributed by atoms with Gasteiger partial charge in [-0.1, -0.05) is 72.3 Å². The number of nitrogens with one attached hydrogen (secondary N) is 1. The third-order valence-corrected chi connectivity index (χ3v) is 6.74. The van der Waals surface area contributed by atoms with E-state index in [4.69, 9.17) is 21.6 Å². The van der Waals surface area contributed by atoms with Gasteiger partial charge in [-0.05, 0) is 23.8 Å². The summed E-state index contributed by atoms with van der Waals surface area (Å²) >= 11 is 6.21. The molecule has 10 heteroatoms. The number of anilines is 1. The summed E-state index contributed by atoms with van der Waals surface area (Å²) in [5, 5.41) is 31.3. The monoisotopic (exact) mass is 546 g/mol. The number of rotatable bonds is 5. The second kappa shape index (κ2) is 10.4. The van der Waals surface area contributed by atoms with Gasteiger partial charge >= 0.3 is 0 Å². The second-order valence-electron chi connectivity index (χ2n) is 8.97. The van der Waals surface area contributed by atoms with E-state index in [1.165, 1.54) is 24.4 Å². The van der Waals surface area contributed by atoms with Crippen molar-refractivity contribution in [3.05, 3.63) is 101 Å². The van der Waals surface area contributed by atoms with Crippen molar-refractivity contribution in [2.75, 3.05) is 5.32 Å². The van der Waals surface area contributed by atoms with Crippen molar-refractivity contribution < 1.29 is 14.6 Å². The maximum atomic E-state index is 13.9. The van der Waals surface area contributed by atoms with Gasteiger partial charge in [0.05, 0.1) is 17.7 Å². The minimum absolute atomic E-state index is 0.0156. The lowest BCUT2D eigenvalue weighted by Gasteiger charge is -2.27. The van der Waals surface area contributed by atoms with E-state index >= 15 is 0 Å². The zero-order chi connectivity index (χ0) is 27.6. The Hall–Kier alpha value is -5.33. The van der Waals surface area contributed by atoms with Gasteiger partial charge in [0.2, 0.25) is 11.8 Å². The molecule has 1 unspecified atom stereocenters. The van der Waals surface area contributed by atoms with Crippen LogP contribution in [0.3, 0.4) is 0 Å². The van der Waals surface area contributed by atoms with Crippen molar-refractivity contribution in [3.8, 4) is 51.5 Å². The molecule has 194 valence electrons. The van der Waals surface area contributed by atoms with Crippen molar-refractivity contribution in [1.29, 1.82) is 5.26 Å². The van der Waals surface area contributed by atoms with E-state index in [-0.39, 0.29) is 35.5 Å². The summed E-state index contributed by atoms with van der Waals surface area (Å²) in [6.07, 6.45) is 2.35. The molecule has 0 saturated carbocycles. The van der Waals surface area contributed by atoms with E-state index in [1.807, 2.05) is 60.7 Å². The van der Waals surface area contributed by atoms with Gasteiger partial charge in [0.15, 0.2) is 12.0 Å². The van der Waals surface area contributed by atoms with Gasteiger partial charge in [0, 0.05) is 33.5 Å². The van der Waals surface area contributed by atoms with Crippen LogP contribution in [-0.2, 0) is 0 Å². The number of phenols is 1. The van der Waals surface area contributed by atoms with Gasteiger partial charge in [-0.3, -0.25) is 10.1 Å². The summed E-state index contributed by atoms with van der Waals surface area (Å²) in [5.41, 5.74) is 4.14. The van der Waals surface area contributed by atoms with Crippen molar-refractivity contribution >= 4 is 23.3 Å². The molecule has 1 atom stereocenters. The Morgan fingerprint density at radius 2 is 1.68 bits per heavy atom. The van der Waals surface area contributed by atoms with Gasteiger partial charge in [-0.25, -0.2) is 9.97 Å². The van der Waals surface area contributed by atoms with Crippen molar-refractivity contribution in [2.24, 2.45) is 0 Å². The number of Topliss-reactive ketones (excluding diaryl/α,β-unsaturated/α-hetero) is 1. The first-order valence-corrected chi connectivity index (χ1v) is 12.6. The van der Waals surface area contributed by atoms with Crippen LogP contribution in [0.1, 0.15) is 28.4 Å². The SMILES string of the molecule is N#CNc1ncc(C2CC(=O)c3c(nnc(-c4ccccc4)c3-c3ccccc3)O2)c(-c2cc(Cl)ccc2O)n1. The second-order valence-corrected chi connectivity index (χ2v) is 9.40. The summed E-state index contributed by atoms with van der Waals surface area (Å²) in [7, 11) is 0. The number of phenolic OH excluding ortho intramolecular Hbond substituents is 1. The molecule has 1 aliphatic rings. The fourth-order valence-electron chi connectivity index (χ4n) is 4.72. The fraction of sp³-hybridized carbons (Fsp3) is 0.0667. The molecule has 2 aromatic heterocycles. The lowest BCUT2D eigenvalue weighted by Crippen LogP contribution is -2.24. The van der Waals surface area contributed by atoms with Crippen LogP contribution < -0.4 is 10.1 Å². The van der Waals surface area contributed by atoms with Gasteiger partial charge in [0.1, 0.15) is 17.5 Å². The summed E-state index contributed by atoms with van der Waals surface area (Å²) < 4.78 is 6.30. The Kier molecular flexibility index (Phi) is 6.52. The van der Waals surface area contributed by atoms with Crippen LogP contribution in [0.5, 0.6) is 11.6 Å². The predicted molar refractivity (Wildman–Crippen MR) is 149 cm³/mol. The predicted octanol–water partition coefficient (Wildman–Crippen LogP) is 6.23. The molecule has 6 rings (SSSR count). The first-order valence-electron chi connectivity index (χ1n) is 12.3. The maximum Gasteiger partial charge on any atom is 0.245 e. The Balaban J connectivity index is 1.50. The van der Waals surface area contributed by atoms with Crippen LogP contribution in [0.2, 0.25) is 5.02 Å². The highest BCUT2D eigenvalue weighted by atomic mass is 35.5. The molecule has 0 bridgehead atoms. The van der Waals surface area contributed by atoms with Gasteiger partial charge in [-0.15, -0.1) is 10.2 Å². The Morgan fingerprint density at radius 1 is 0.950 bits per heavy atom. The summed E-state index contributed by atoms with van der Waals surface area (Å²) in [6, 6.07) is 23.6. The highest BCUT2D eigenvalue weighted by molar-refractivity contribution is 6.31. The third-order valence-electron chi connectivity index (χ3n) is 6.50. The van der Waals surface area contributed by atoms with Crippen LogP contribution in [0, 0.1) is 11.5 Å². The number of hydrogen-bond donors (Lipinski definition) is 2. The minimum atomic E-state index is -0.843. The molecule has 9 nitrogen and oxygen atoms in total. The smallest absolute Gasteiger partial charge is 0.245 e.